The fraction of sp³-hybridized carbons (Fsp3) is 0.407. The number of methoxy groups -OCH3 is 1. The van der Waals surface area contributed by atoms with Crippen LogP contribution >= 0.6 is 0 Å². The van der Waals surface area contributed by atoms with E-state index in [0.717, 1.165) is 67.9 Å². The average Bonchev–Trinajstić information content (AvgIpc) is 2.89. The van der Waals surface area contributed by atoms with E-state index in [4.69, 9.17) is 15.2 Å². The third kappa shape index (κ3) is 4.78. The van der Waals surface area contributed by atoms with Crippen LogP contribution in [0.2, 0.25) is 0 Å². The first-order valence-electron chi connectivity index (χ1n) is 12.2. The highest BCUT2D eigenvalue weighted by Crippen LogP contribution is 2.38. The number of piperidine rings is 1. The second-order valence-electron chi connectivity index (χ2n) is 9.32. The summed E-state index contributed by atoms with van der Waals surface area (Å²) in [5, 5.41) is 8.79. The zero-order valence-electron chi connectivity index (χ0n) is 20.2. The Morgan fingerprint density at radius 1 is 1.06 bits per heavy atom. The number of ether oxygens (including phenoxy) is 2. The number of carbonyl (C=O) groups is 1. The standard InChI is InChI=1S/C27H31N5O3/c1-17-24(20-8-7-18-5-3-4-6-19(18)15-20)25(26(28)33)30-31-27(17)32-13-11-21(12-14-32)35-22-9-10-23(34-2)29-16-22/h3-6,9-10,16,20-21H,7-8,11-15H2,1-2H3,(H2,28,33)/t20-/m1/s1. The van der Waals surface area contributed by atoms with Gasteiger partial charge in [-0.2, -0.15) is 0 Å². The minimum atomic E-state index is -0.513. The van der Waals surface area contributed by atoms with Crippen molar-refractivity contribution in [2.45, 2.75) is 51.0 Å². The van der Waals surface area contributed by atoms with Gasteiger partial charge in [0.1, 0.15) is 11.9 Å². The lowest BCUT2D eigenvalue weighted by Gasteiger charge is -2.34. The number of aromatic nitrogens is 3. The van der Waals surface area contributed by atoms with Crippen LogP contribution in [0.1, 0.15) is 57.9 Å². The van der Waals surface area contributed by atoms with Crippen molar-refractivity contribution >= 4 is 11.7 Å². The summed E-state index contributed by atoms with van der Waals surface area (Å²) in [7, 11) is 1.60. The Hall–Kier alpha value is -3.68. The van der Waals surface area contributed by atoms with E-state index >= 15 is 0 Å². The summed E-state index contributed by atoms with van der Waals surface area (Å²) >= 11 is 0. The molecule has 1 aromatic carbocycles. The first kappa shape index (κ1) is 23.1. The van der Waals surface area contributed by atoms with Crippen LogP contribution in [0.5, 0.6) is 11.6 Å². The minimum absolute atomic E-state index is 0.105. The number of hydrogen-bond acceptors (Lipinski definition) is 7. The highest BCUT2D eigenvalue weighted by atomic mass is 16.5. The number of nitrogens with two attached hydrogens (primary N) is 1. The molecule has 1 amide bonds. The lowest BCUT2D eigenvalue weighted by Crippen LogP contribution is -2.39. The SMILES string of the molecule is COc1ccc(OC2CCN(c3nnc(C(N)=O)c([C@@H]4CCc5ccccc5C4)c3C)CC2)cn1. The average molecular weight is 474 g/mol. The summed E-state index contributed by atoms with van der Waals surface area (Å²) in [4.78, 5) is 18.7. The largest absolute Gasteiger partial charge is 0.489 e. The molecule has 2 aromatic heterocycles. The van der Waals surface area contributed by atoms with Crippen molar-refractivity contribution < 1.29 is 14.3 Å². The Balaban J connectivity index is 1.33. The third-order valence-corrected chi connectivity index (χ3v) is 7.19. The predicted molar refractivity (Wildman–Crippen MR) is 133 cm³/mol. The van der Waals surface area contributed by atoms with E-state index in [1.54, 1.807) is 19.4 Å². The Kier molecular flexibility index (Phi) is 6.53. The van der Waals surface area contributed by atoms with Gasteiger partial charge in [0.25, 0.3) is 5.91 Å². The molecule has 0 spiro atoms. The Bertz CT molecular complexity index is 1210. The van der Waals surface area contributed by atoms with Gasteiger partial charge in [-0.25, -0.2) is 4.98 Å². The molecule has 0 radical (unpaired) electrons. The molecular weight excluding hydrogens is 442 g/mol. The number of primary amides is 1. The zero-order valence-corrected chi connectivity index (χ0v) is 20.2. The number of anilines is 1. The summed E-state index contributed by atoms with van der Waals surface area (Å²) in [6, 6.07) is 12.2. The van der Waals surface area contributed by atoms with Crippen LogP contribution in [-0.2, 0) is 12.8 Å². The smallest absolute Gasteiger partial charge is 0.269 e. The van der Waals surface area contributed by atoms with Gasteiger partial charge in [-0.3, -0.25) is 4.79 Å². The van der Waals surface area contributed by atoms with E-state index in [1.807, 2.05) is 6.07 Å². The van der Waals surface area contributed by atoms with E-state index in [-0.39, 0.29) is 12.0 Å². The molecule has 35 heavy (non-hydrogen) atoms. The van der Waals surface area contributed by atoms with E-state index < -0.39 is 5.91 Å². The van der Waals surface area contributed by atoms with Gasteiger partial charge in [0.15, 0.2) is 11.5 Å². The van der Waals surface area contributed by atoms with Gasteiger partial charge in [-0.1, -0.05) is 24.3 Å². The van der Waals surface area contributed by atoms with Crippen molar-refractivity contribution in [1.29, 1.82) is 0 Å². The number of fused-ring (bicyclic) bond motifs is 1. The van der Waals surface area contributed by atoms with Gasteiger partial charge in [-0.05, 0) is 60.4 Å². The maximum atomic E-state index is 12.3. The summed E-state index contributed by atoms with van der Waals surface area (Å²) in [6.45, 7) is 3.65. The highest BCUT2D eigenvalue weighted by molar-refractivity contribution is 5.93. The molecule has 8 nitrogen and oxygen atoms in total. The topological polar surface area (TPSA) is 103 Å². The van der Waals surface area contributed by atoms with Crippen LogP contribution in [-0.4, -0.2) is 47.4 Å². The zero-order chi connectivity index (χ0) is 24.4. The van der Waals surface area contributed by atoms with Gasteiger partial charge in [0, 0.05) is 32.0 Å². The molecule has 0 unspecified atom stereocenters. The molecule has 1 saturated heterocycles. The maximum Gasteiger partial charge on any atom is 0.269 e. The molecule has 0 saturated carbocycles. The number of nitrogens with zero attached hydrogens (tertiary/aromatic N) is 4. The van der Waals surface area contributed by atoms with Crippen LogP contribution in [0.4, 0.5) is 5.82 Å². The molecule has 182 valence electrons. The first-order chi connectivity index (χ1) is 17.0. The number of pyridine rings is 1. The molecule has 1 fully saturated rings. The monoisotopic (exact) mass is 473 g/mol. The van der Waals surface area contributed by atoms with Crippen LogP contribution in [0, 0.1) is 6.92 Å². The summed E-state index contributed by atoms with van der Waals surface area (Å²) in [5.74, 6) is 1.84. The van der Waals surface area contributed by atoms with Crippen molar-refractivity contribution in [1.82, 2.24) is 15.2 Å². The molecule has 2 aliphatic rings. The van der Waals surface area contributed by atoms with Gasteiger partial charge < -0.3 is 20.1 Å². The van der Waals surface area contributed by atoms with Crippen molar-refractivity contribution in [2.24, 2.45) is 5.73 Å². The minimum Gasteiger partial charge on any atom is -0.489 e. The normalized spacial score (nSPS) is 18.1. The fourth-order valence-corrected chi connectivity index (χ4v) is 5.39. The van der Waals surface area contributed by atoms with Gasteiger partial charge >= 0.3 is 0 Å². The molecule has 3 heterocycles. The first-order valence-corrected chi connectivity index (χ1v) is 12.2. The van der Waals surface area contributed by atoms with Gasteiger partial charge in [0.2, 0.25) is 5.88 Å². The fourth-order valence-electron chi connectivity index (χ4n) is 5.39. The molecule has 2 N–H and O–H groups in total. The van der Waals surface area contributed by atoms with Gasteiger partial charge in [0.05, 0.1) is 13.3 Å². The van der Waals surface area contributed by atoms with Crippen molar-refractivity contribution in [3.8, 4) is 11.6 Å². The summed E-state index contributed by atoms with van der Waals surface area (Å²) in [5.41, 5.74) is 10.7. The number of rotatable bonds is 6. The third-order valence-electron chi connectivity index (χ3n) is 7.19. The van der Waals surface area contributed by atoms with Crippen LogP contribution in [0.3, 0.4) is 0 Å². The van der Waals surface area contributed by atoms with Crippen molar-refractivity contribution in [3.05, 3.63) is 70.5 Å². The number of aryl methyl sites for hydroxylation is 1. The molecular formula is C27H31N5O3. The Morgan fingerprint density at radius 3 is 2.51 bits per heavy atom. The van der Waals surface area contributed by atoms with Crippen molar-refractivity contribution in [3.63, 3.8) is 0 Å². The summed E-state index contributed by atoms with van der Waals surface area (Å²) in [6.07, 6.45) is 6.35. The maximum absolute atomic E-state index is 12.3. The number of hydrogen-bond donors (Lipinski definition) is 1. The van der Waals surface area contributed by atoms with Crippen LogP contribution < -0.4 is 20.1 Å². The van der Waals surface area contributed by atoms with E-state index in [1.165, 1.54) is 11.1 Å². The van der Waals surface area contributed by atoms with Crippen molar-refractivity contribution in [2.75, 3.05) is 25.1 Å². The Morgan fingerprint density at radius 2 is 1.83 bits per heavy atom. The lowest BCUT2D eigenvalue weighted by molar-refractivity contribution is 0.0992. The Labute approximate surface area is 205 Å². The second-order valence-corrected chi connectivity index (χ2v) is 9.32. The molecule has 5 rings (SSSR count). The number of benzene rings is 1. The lowest BCUT2D eigenvalue weighted by atomic mass is 9.78. The quantitative estimate of drug-likeness (QED) is 0.583. The number of amides is 1. The molecule has 1 aliphatic carbocycles. The van der Waals surface area contributed by atoms with E-state index in [9.17, 15) is 4.79 Å². The molecule has 1 atom stereocenters. The molecule has 0 bridgehead atoms. The summed E-state index contributed by atoms with van der Waals surface area (Å²) < 4.78 is 11.2. The second kappa shape index (κ2) is 9.90. The number of carbonyl (C=O) groups excluding carboxylic acids is 1. The molecule has 8 heteroatoms. The van der Waals surface area contributed by atoms with Crippen LogP contribution in [0.25, 0.3) is 0 Å². The molecule has 1 aliphatic heterocycles. The van der Waals surface area contributed by atoms with E-state index in [2.05, 4.69) is 51.3 Å². The predicted octanol–water partition coefficient (Wildman–Crippen LogP) is 3.61. The van der Waals surface area contributed by atoms with Gasteiger partial charge in [-0.15, -0.1) is 10.2 Å². The van der Waals surface area contributed by atoms with E-state index in [0.29, 0.717) is 11.6 Å². The molecule has 3 aromatic rings. The van der Waals surface area contributed by atoms with Crippen LogP contribution in [0.15, 0.2) is 42.6 Å². The highest BCUT2D eigenvalue weighted by Gasteiger charge is 2.30.